The highest BCUT2D eigenvalue weighted by molar-refractivity contribution is 5.71. The van der Waals surface area contributed by atoms with Crippen LogP contribution in [0, 0.1) is 0 Å². The van der Waals surface area contributed by atoms with Gasteiger partial charge < -0.3 is 14.2 Å². The van der Waals surface area contributed by atoms with Crippen LogP contribution in [0.1, 0.15) is 290 Å². The molecule has 0 aliphatic heterocycles. The molecule has 1 atom stereocenters. The molecule has 0 aromatic carbocycles. The molecule has 0 aliphatic rings. The Balaban J connectivity index is 4.12. The fraction of sp³-hybridized carbons (Fsp3) is 0.738. The number of carbonyl (C=O) groups excluding carboxylic acids is 3. The summed E-state index contributed by atoms with van der Waals surface area (Å²) in [6.45, 7) is 6.45. The fourth-order valence-corrected chi connectivity index (χ4v) is 8.38. The van der Waals surface area contributed by atoms with Gasteiger partial charge in [0.2, 0.25) is 0 Å². The van der Waals surface area contributed by atoms with Gasteiger partial charge in [0.15, 0.2) is 6.10 Å². The standard InChI is InChI=1S/C65H112O6/c1-4-7-10-13-15-17-19-21-23-25-27-29-31-32-34-35-37-39-41-43-45-47-49-52-55-58-64(67)70-61-62(60-69-63(66)57-54-51-12-9-6-3)71-65(68)59-56-53-50-48-46-44-42-40-38-36-33-30-28-26-24-22-20-18-16-14-11-8-5-2/h7,10,15,17,21,23,26-29,32,34,37,39,62H,4-6,8-9,11-14,16,18-20,22,24-25,30-31,33,35-36,38,40-61H2,1-3H3/b10-7-,17-15-,23-21-,28-26-,29-27-,34-32-,39-37-. The predicted molar refractivity (Wildman–Crippen MR) is 307 cm³/mol. The average Bonchev–Trinajstić information content (AvgIpc) is 3.37. The lowest BCUT2D eigenvalue weighted by molar-refractivity contribution is -0.167. The Labute approximate surface area is 439 Å². The zero-order valence-electron chi connectivity index (χ0n) is 46.7. The number of ether oxygens (including phenoxy) is 3. The first-order chi connectivity index (χ1) is 35.0. The fourth-order valence-electron chi connectivity index (χ4n) is 8.38. The predicted octanol–water partition coefficient (Wildman–Crippen LogP) is 20.3. The number of esters is 3. The van der Waals surface area contributed by atoms with Gasteiger partial charge in [0.05, 0.1) is 0 Å². The van der Waals surface area contributed by atoms with Gasteiger partial charge in [0.1, 0.15) is 13.2 Å². The molecule has 0 amide bonds. The van der Waals surface area contributed by atoms with Crippen molar-refractivity contribution in [2.45, 2.75) is 297 Å². The van der Waals surface area contributed by atoms with Crippen LogP contribution in [0.3, 0.4) is 0 Å². The smallest absolute Gasteiger partial charge is 0.306 e. The summed E-state index contributed by atoms with van der Waals surface area (Å²) in [4.78, 5) is 37.9. The molecular formula is C65H112O6. The third-order valence-corrected chi connectivity index (χ3v) is 12.9. The molecule has 0 saturated heterocycles. The van der Waals surface area contributed by atoms with E-state index in [0.29, 0.717) is 19.3 Å². The SMILES string of the molecule is CC/C=C\C/C=C\C/C=C\C/C=C\C/C=C\C/C=C\CCCCCCCCC(=O)OCC(COC(=O)CCCCCCC)OC(=O)CCCCCCCCCCCCC/C=C\CCCCCCCCCC. The number of hydrogen-bond acceptors (Lipinski definition) is 6. The van der Waals surface area contributed by atoms with Crippen molar-refractivity contribution in [3.05, 3.63) is 85.1 Å². The maximum Gasteiger partial charge on any atom is 0.306 e. The number of unbranched alkanes of at least 4 members (excludes halogenated alkanes) is 29. The number of rotatable bonds is 54. The van der Waals surface area contributed by atoms with Gasteiger partial charge in [0.25, 0.3) is 0 Å². The summed E-state index contributed by atoms with van der Waals surface area (Å²) in [5, 5.41) is 0. The van der Waals surface area contributed by atoms with Crippen LogP contribution in [0.5, 0.6) is 0 Å². The van der Waals surface area contributed by atoms with Crippen molar-refractivity contribution in [1.82, 2.24) is 0 Å². The molecule has 0 aliphatic carbocycles. The largest absolute Gasteiger partial charge is 0.462 e. The van der Waals surface area contributed by atoms with Gasteiger partial charge in [-0.05, 0) is 96.3 Å². The van der Waals surface area contributed by atoms with E-state index in [0.717, 1.165) is 116 Å². The first-order valence-corrected chi connectivity index (χ1v) is 30.1. The summed E-state index contributed by atoms with van der Waals surface area (Å²) < 4.78 is 16.7. The summed E-state index contributed by atoms with van der Waals surface area (Å²) in [6, 6.07) is 0. The molecule has 71 heavy (non-hydrogen) atoms. The number of hydrogen-bond donors (Lipinski definition) is 0. The lowest BCUT2D eigenvalue weighted by atomic mass is 10.0. The van der Waals surface area contributed by atoms with Gasteiger partial charge >= 0.3 is 17.9 Å². The summed E-state index contributed by atoms with van der Waals surface area (Å²) in [5.74, 6) is -0.905. The van der Waals surface area contributed by atoms with Crippen molar-refractivity contribution in [3.63, 3.8) is 0 Å². The highest BCUT2D eigenvalue weighted by Crippen LogP contribution is 2.16. The lowest BCUT2D eigenvalue weighted by Gasteiger charge is -2.18. The van der Waals surface area contributed by atoms with Crippen LogP contribution in [0.15, 0.2) is 85.1 Å². The van der Waals surface area contributed by atoms with Crippen molar-refractivity contribution in [1.29, 1.82) is 0 Å². The molecule has 0 fully saturated rings. The minimum Gasteiger partial charge on any atom is -0.462 e. The van der Waals surface area contributed by atoms with Gasteiger partial charge in [-0.15, -0.1) is 0 Å². The zero-order valence-corrected chi connectivity index (χ0v) is 46.7. The van der Waals surface area contributed by atoms with Crippen LogP contribution in [0.2, 0.25) is 0 Å². The van der Waals surface area contributed by atoms with E-state index in [4.69, 9.17) is 14.2 Å². The maximum atomic E-state index is 12.8. The monoisotopic (exact) mass is 989 g/mol. The molecule has 0 radical (unpaired) electrons. The van der Waals surface area contributed by atoms with E-state index >= 15 is 0 Å². The van der Waals surface area contributed by atoms with Gasteiger partial charge in [0, 0.05) is 19.3 Å². The van der Waals surface area contributed by atoms with Gasteiger partial charge in [-0.3, -0.25) is 14.4 Å². The molecule has 0 heterocycles. The van der Waals surface area contributed by atoms with E-state index in [-0.39, 0.29) is 31.1 Å². The van der Waals surface area contributed by atoms with Crippen molar-refractivity contribution in [3.8, 4) is 0 Å². The molecule has 0 N–H and O–H groups in total. The Morgan fingerprint density at radius 2 is 0.549 bits per heavy atom. The number of allylic oxidation sites excluding steroid dienone is 14. The van der Waals surface area contributed by atoms with E-state index < -0.39 is 6.10 Å². The first-order valence-electron chi connectivity index (χ1n) is 30.1. The van der Waals surface area contributed by atoms with Crippen molar-refractivity contribution in [2.24, 2.45) is 0 Å². The molecule has 0 bridgehead atoms. The molecule has 408 valence electrons. The molecule has 1 unspecified atom stereocenters. The van der Waals surface area contributed by atoms with Crippen molar-refractivity contribution in [2.75, 3.05) is 13.2 Å². The van der Waals surface area contributed by atoms with E-state index in [1.807, 2.05) is 0 Å². The molecule has 6 nitrogen and oxygen atoms in total. The zero-order chi connectivity index (χ0) is 51.4. The molecular weight excluding hydrogens is 877 g/mol. The summed E-state index contributed by atoms with van der Waals surface area (Å²) >= 11 is 0. The molecule has 6 heteroatoms. The van der Waals surface area contributed by atoms with Crippen LogP contribution >= 0.6 is 0 Å². The van der Waals surface area contributed by atoms with Crippen LogP contribution < -0.4 is 0 Å². The van der Waals surface area contributed by atoms with Crippen molar-refractivity contribution < 1.29 is 28.6 Å². The van der Waals surface area contributed by atoms with E-state index in [9.17, 15) is 14.4 Å². The Hall–Kier alpha value is -3.41. The summed E-state index contributed by atoms with van der Waals surface area (Å²) in [7, 11) is 0. The van der Waals surface area contributed by atoms with Crippen LogP contribution in [-0.4, -0.2) is 37.2 Å². The van der Waals surface area contributed by atoms with Crippen LogP contribution in [0.4, 0.5) is 0 Å². The molecule has 0 rings (SSSR count). The first kappa shape index (κ1) is 67.6. The van der Waals surface area contributed by atoms with E-state index in [2.05, 4.69) is 106 Å². The second kappa shape index (κ2) is 59.2. The molecule has 0 aromatic rings. The normalized spacial score (nSPS) is 12.7. The van der Waals surface area contributed by atoms with E-state index in [1.165, 1.54) is 135 Å². The maximum absolute atomic E-state index is 12.8. The van der Waals surface area contributed by atoms with Crippen LogP contribution in [-0.2, 0) is 28.6 Å². The van der Waals surface area contributed by atoms with Gasteiger partial charge in [-0.25, -0.2) is 0 Å². The Morgan fingerprint density at radius 3 is 0.873 bits per heavy atom. The lowest BCUT2D eigenvalue weighted by Crippen LogP contribution is -2.30. The highest BCUT2D eigenvalue weighted by Gasteiger charge is 2.19. The molecule has 0 saturated carbocycles. The van der Waals surface area contributed by atoms with Gasteiger partial charge in [-0.2, -0.15) is 0 Å². The minimum absolute atomic E-state index is 0.0815. The summed E-state index contributed by atoms with van der Waals surface area (Å²) in [5.41, 5.74) is 0. The number of carbonyl (C=O) groups is 3. The Morgan fingerprint density at radius 1 is 0.296 bits per heavy atom. The Kier molecular flexibility index (Phi) is 56.3. The minimum atomic E-state index is -0.780. The average molecular weight is 990 g/mol. The third kappa shape index (κ3) is 57.4. The second-order valence-electron chi connectivity index (χ2n) is 19.9. The van der Waals surface area contributed by atoms with E-state index in [1.54, 1.807) is 0 Å². The molecule has 0 spiro atoms. The van der Waals surface area contributed by atoms with Gasteiger partial charge in [-0.1, -0.05) is 260 Å². The van der Waals surface area contributed by atoms with Crippen molar-refractivity contribution >= 4 is 17.9 Å². The second-order valence-corrected chi connectivity index (χ2v) is 19.9. The van der Waals surface area contributed by atoms with Crippen LogP contribution in [0.25, 0.3) is 0 Å². The summed E-state index contributed by atoms with van der Waals surface area (Å²) in [6.07, 6.45) is 77.7. The topological polar surface area (TPSA) is 78.9 Å². The molecule has 0 aromatic heterocycles. The quantitative estimate of drug-likeness (QED) is 0.0261. The Bertz CT molecular complexity index is 1370. The highest BCUT2D eigenvalue weighted by atomic mass is 16.6. The third-order valence-electron chi connectivity index (χ3n) is 12.9.